The molecule has 1 aromatic carbocycles. The van der Waals surface area contributed by atoms with Crippen molar-refractivity contribution in [1.29, 1.82) is 0 Å². The second-order valence-corrected chi connectivity index (χ2v) is 2.46. The second-order valence-electron chi connectivity index (χ2n) is 2.46. The Hall–Kier alpha value is -1.40. The van der Waals surface area contributed by atoms with Crippen molar-refractivity contribution in [3.05, 3.63) is 35.4 Å². The molecule has 1 N–H and O–H groups in total. The molecule has 0 bridgehead atoms. The fourth-order valence-electron chi connectivity index (χ4n) is 0.938. The average Bonchev–Trinajstić information content (AvgIpc) is 2.04. The lowest BCUT2D eigenvalue weighted by atomic mass is 10.1. The molecular weight excluding hydrogens is 174 g/mol. The second kappa shape index (κ2) is 4.01. The van der Waals surface area contributed by atoms with Crippen LogP contribution in [0.2, 0.25) is 0 Å². The van der Waals surface area contributed by atoms with Crippen molar-refractivity contribution in [1.82, 2.24) is 0 Å². The predicted octanol–water partition coefficient (Wildman–Crippen LogP) is 2.02. The lowest BCUT2D eigenvalue weighted by Crippen LogP contribution is -1.98. The van der Waals surface area contributed by atoms with E-state index in [0.29, 0.717) is 0 Å². The molecule has 13 heavy (non-hydrogen) atoms. The molecule has 0 aliphatic rings. The summed E-state index contributed by atoms with van der Waals surface area (Å²) < 4.78 is 25.4. The Morgan fingerprint density at radius 2 is 2.08 bits per heavy atom. The van der Waals surface area contributed by atoms with Gasteiger partial charge in [-0.2, -0.15) is 0 Å². The molecule has 0 aliphatic heterocycles. The number of rotatable bonds is 1. The van der Waals surface area contributed by atoms with Gasteiger partial charge in [-0.15, -0.1) is 5.92 Å². The van der Waals surface area contributed by atoms with Crippen LogP contribution in [0.1, 0.15) is 18.6 Å². The molecule has 0 aromatic heterocycles. The van der Waals surface area contributed by atoms with E-state index in [1.54, 1.807) is 0 Å². The maximum absolute atomic E-state index is 13.0. The normalized spacial score (nSPS) is 11.7. The summed E-state index contributed by atoms with van der Waals surface area (Å²) in [4.78, 5) is 0. The summed E-state index contributed by atoms with van der Waals surface area (Å²) in [7, 11) is 0. The predicted molar refractivity (Wildman–Crippen MR) is 44.8 cm³/mol. The molecule has 68 valence electrons. The zero-order valence-corrected chi connectivity index (χ0v) is 7.01. The number of hydrogen-bond donors (Lipinski definition) is 1. The third kappa shape index (κ3) is 2.27. The van der Waals surface area contributed by atoms with Gasteiger partial charge in [-0.3, -0.25) is 0 Å². The van der Waals surface area contributed by atoms with E-state index in [-0.39, 0.29) is 5.56 Å². The molecule has 1 nitrogen and oxygen atoms in total. The number of benzene rings is 1. The summed E-state index contributed by atoms with van der Waals surface area (Å²) >= 11 is 0. The van der Waals surface area contributed by atoms with E-state index in [2.05, 4.69) is 11.8 Å². The lowest BCUT2D eigenvalue weighted by molar-refractivity contribution is 0.232. The molecule has 1 unspecified atom stereocenters. The van der Waals surface area contributed by atoms with Crippen molar-refractivity contribution in [3.63, 3.8) is 0 Å². The first-order valence-electron chi connectivity index (χ1n) is 3.70. The van der Waals surface area contributed by atoms with Crippen LogP contribution in [0.4, 0.5) is 8.78 Å². The zero-order valence-electron chi connectivity index (χ0n) is 7.01. The molecule has 0 spiro atoms. The Bertz CT molecular complexity index is 363. The maximum Gasteiger partial charge on any atom is 0.143 e. The van der Waals surface area contributed by atoms with Gasteiger partial charge in [0.05, 0.1) is 0 Å². The maximum atomic E-state index is 13.0. The third-order valence-corrected chi connectivity index (χ3v) is 1.54. The van der Waals surface area contributed by atoms with Crippen LogP contribution in [0, 0.1) is 23.5 Å². The van der Waals surface area contributed by atoms with Crippen molar-refractivity contribution in [2.75, 3.05) is 0 Å². The van der Waals surface area contributed by atoms with Gasteiger partial charge in [-0.25, -0.2) is 8.78 Å². The van der Waals surface area contributed by atoms with Gasteiger partial charge < -0.3 is 5.11 Å². The highest BCUT2D eigenvalue weighted by molar-refractivity contribution is 5.26. The Labute approximate surface area is 75.0 Å². The Morgan fingerprint density at radius 3 is 2.62 bits per heavy atom. The van der Waals surface area contributed by atoms with Crippen LogP contribution in [0.15, 0.2) is 18.2 Å². The van der Waals surface area contributed by atoms with E-state index >= 15 is 0 Å². The molecule has 0 heterocycles. The van der Waals surface area contributed by atoms with E-state index < -0.39 is 17.7 Å². The van der Waals surface area contributed by atoms with E-state index in [4.69, 9.17) is 0 Å². The molecule has 0 saturated heterocycles. The molecule has 1 rings (SSSR count). The Morgan fingerprint density at radius 1 is 1.38 bits per heavy atom. The number of halogens is 2. The standard InChI is InChI=1S/C10H8F2O/c1-2-3-10(13)8-5-4-7(11)6-9(8)12/h4-6,10,13H,1H3. The fourth-order valence-corrected chi connectivity index (χ4v) is 0.938. The molecule has 0 saturated carbocycles. The molecular formula is C10H8F2O. The van der Waals surface area contributed by atoms with Gasteiger partial charge in [0.15, 0.2) is 0 Å². The summed E-state index contributed by atoms with van der Waals surface area (Å²) in [6, 6.07) is 2.98. The van der Waals surface area contributed by atoms with Gasteiger partial charge in [0.25, 0.3) is 0 Å². The quantitative estimate of drug-likeness (QED) is 0.659. The molecule has 0 aliphatic carbocycles. The first kappa shape index (κ1) is 9.69. The number of hydrogen-bond acceptors (Lipinski definition) is 1. The Balaban J connectivity index is 3.06. The van der Waals surface area contributed by atoms with Gasteiger partial charge in [-0.1, -0.05) is 5.92 Å². The van der Waals surface area contributed by atoms with Gasteiger partial charge in [-0.05, 0) is 19.1 Å². The smallest absolute Gasteiger partial charge is 0.143 e. The van der Waals surface area contributed by atoms with Crippen molar-refractivity contribution in [3.8, 4) is 11.8 Å². The first-order chi connectivity index (χ1) is 6.15. The van der Waals surface area contributed by atoms with Gasteiger partial charge in [0, 0.05) is 11.6 Å². The van der Waals surface area contributed by atoms with Gasteiger partial charge in [0.2, 0.25) is 0 Å². The molecule has 0 fully saturated rings. The molecule has 0 amide bonds. The van der Waals surface area contributed by atoms with Gasteiger partial charge in [0.1, 0.15) is 17.7 Å². The summed E-state index contributed by atoms with van der Waals surface area (Å²) in [5, 5.41) is 9.26. The minimum atomic E-state index is -1.19. The van der Waals surface area contributed by atoms with Crippen molar-refractivity contribution in [2.45, 2.75) is 13.0 Å². The molecule has 1 aromatic rings. The van der Waals surface area contributed by atoms with Crippen molar-refractivity contribution in [2.24, 2.45) is 0 Å². The zero-order chi connectivity index (χ0) is 9.84. The molecule has 0 radical (unpaired) electrons. The molecule has 1 atom stereocenters. The van der Waals surface area contributed by atoms with E-state index in [0.717, 1.165) is 12.1 Å². The Kier molecular flexibility index (Phi) is 2.99. The first-order valence-corrected chi connectivity index (χ1v) is 3.70. The van der Waals surface area contributed by atoms with Crippen molar-refractivity contribution < 1.29 is 13.9 Å². The lowest BCUT2D eigenvalue weighted by Gasteiger charge is -2.04. The fraction of sp³-hybridized carbons (Fsp3) is 0.200. The number of aliphatic hydroxyl groups excluding tert-OH is 1. The topological polar surface area (TPSA) is 20.2 Å². The highest BCUT2D eigenvalue weighted by Crippen LogP contribution is 2.16. The summed E-state index contributed by atoms with van der Waals surface area (Å²) in [6.45, 7) is 1.53. The van der Waals surface area contributed by atoms with Crippen LogP contribution < -0.4 is 0 Å². The van der Waals surface area contributed by atoms with E-state index in [1.165, 1.54) is 13.0 Å². The number of aliphatic hydroxyl groups is 1. The molecule has 3 heteroatoms. The SMILES string of the molecule is CC#CC(O)c1ccc(F)cc1F. The summed E-state index contributed by atoms with van der Waals surface area (Å²) in [6.07, 6.45) is -1.19. The monoisotopic (exact) mass is 182 g/mol. The highest BCUT2D eigenvalue weighted by Gasteiger charge is 2.10. The van der Waals surface area contributed by atoms with Crippen LogP contribution in [-0.2, 0) is 0 Å². The van der Waals surface area contributed by atoms with Gasteiger partial charge >= 0.3 is 0 Å². The largest absolute Gasteiger partial charge is 0.376 e. The minimum Gasteiger partial charge on any atom is -0.376 e. The van der Waals surface area contributed by atoms with E-state index in [9.17, 15) is 13.9 Å². The summed E-state index contributed by atoms with van der Waals surface area (Å²) in [5.41, 5.74) is -0.00394. The highest BCUT2D eigenvalue weighted by atomic mass is 19.1. The van der Waals surface area contributed by atoms with Crippen LogP contribution in [0.3, 0.4) is 0 Å². The van der Waals surface area contributed by atoms with Crippen LogP contribution >= 0.6 is 0 Å². The minimum absolute atomic E-state index is 0.00394. The van der Waals surface area contributed by atoms with Crippen LogP contribution in [-0.4, -0.2) is 5.11 Å². The van der Waals surface area contributed by atoms with Crippen LogP contribution in [0.5, 0.6) is 0 Å². The van der Waals surface area contributed by atoms with Crippen LogP contribution in [0.25, 0.3) is 0 Å². The average molecular weight is 182 g/mol. The third-order valence-electron chi connectivity index (χ3n) is 1.54. The van der Waals surface area contributed by atoms with E-state index in [1.807, 2.05) is 0 Å². The summed E-state index contributed by atoms with van der Waals surface area (Å²) in [5.74, 6) is 3.36. The van der Waals surface area contributed by atoms with Crippen molar-refractivity contribution >= 4 is 0 Å².